The quantitative estimate of drug-likeness (QED) is 0.0290. The average molecular weight is 897 g/mol. The average Bonchev–Trinajstić information content (AvgIpc) is 3.32. The lowest BCUT2D eigenvalue weighted by molar-refractivity contribution is -0.256. The number of methoxy groups -OCH3 is 1. The minimum atomic E-state index is -1.53. The lowest BCUT2D eigenvalue weighted by Crippen LogP contribution is -2.70. The number of benzene rings is 3. The number of ether oxygens (including phenoxy) is 6. The number of nitrogens with zero attached hydrogens (tertiary/aromatic N) is 2. The molecule has 1 amide bonds. The summed E-state index contributed by atoms with van der Waals surface area (Å²) in [5.41, 5.74) is 3.63. The first-order valence-corrected chi connectivity index (χ1v) is 22.6. The molecule has 1 fully saturated rings. The molecule has 3 aromatic carbocycles. The summed E-state index contributed by atoms with van der Waals surface area (Å²) in [4.78, 5) is 34.2. The third-order valence-corrected chi connectivity index (χ3v) is 12.3. The number of fused-ring (bicyclic) bond motifs is 2. The van der Waals surface area contributed by atoms with E-state index in [1.807, 2.05) is 42.5 Å². The van der Waals surface area contributed by atoms with Crippen LogP contribution < -0.4 is 14.2 Å². The van der Waals surface area contributed by atoms with Gasteiger partial charge in [-0.15, -0.1) is 13.2 Å². The molecule has 6 atom stereocenters. The van der Waals surface area contributed by atoms with Crippen molar-refractivity contribution in [1.82, 2.24) is 4.90 Å². The van der Waals surface area contributed by atoms with Crippen LogP contribution in [0.5, 0.6) is 23.0 Å². The number of unbranched alkanes of at least 4 members (excludes halogenated alkanes) is 2. The summed E-state index contributed by atoms with van der Waals surface area (Å²) in [6.07, 6.45) is 10.6. The van der Waals surface area contributed by atoms with Crippen LogP contribution in [0, 0.1) is 17.8 Å². The second kappa shape index (κ2) is 24.7. The second-order valence-electron chi connectivity index (χ2n) is 16.4. The van der Waals surface area contributed by atoms with Crippen molar-refractivity contribution in [2.45, 2.75) is 75.7 Å². The number of rotatable bonds is 27. The second-order valence-corrected chi connectivity index (χ2v) is 16.4. The lowest BCUT2D eigenvalue weighted by atomic mass is 9.55. The zero-order chi connectivity index (χ0) is 46.0. The van der Waals surface area contributed by atoms with Gasteiger partial charge in [-0.2, -0.15) is 0 Å². The lowest BCUT2D eigenvalue weighted by Gasteiger charge is -2.59. The molecule has 3 aliphatic rings. The van der Waals surface area contributed by atoms with E-state index in [1.165, 1.54) is 7.11 Å². The van der Waals surface area contributed by atoms with Crippen LogP contribution in [0.2, 0.25) is 0 Å². The predicted octanol–water partition coefficient (Wildman–Crippen LogP) is 8.16. The van der Waals surface area contributed by atoms with Crippen LogP contribution in [0.15, 0.2) is 109 Å². The Morgan fingerprint density at radius 1 is 0.923 bits per heavy atom. The monoisotopic (exact) mass is 896 g/mol. The molecule has 6 rings (SSSR count). The third kappa shape index (κ3) is 11.9. The fourth-order valence-corrected chi connectivity index (χ4v) is 9.49. The first-order valence-electron chi connectivity index (χ1n) is 22.6. The summed E-state index contributed by atoms with van der Waals surface area (Å²) in [7, 11) is 1.50. The molecule has 14 heteroatoms. The largest absolute Gasteiger partial charge is 0.496 e. The van der Waals surface area contributed by atoms with E-state index < -0.39 is 23.8 Å². The maximum absolute atomic E-state index is 14.5. The van der Waals surface area contributed by atoms with E-state index in [9.17, 15) is 24.9 Å². The van der Waals surface area contributed by atoms with E-state index in [0.717, 1.165) is 48.7 Å². The van der Waals surface area contributed by atoms with Crippen LogP contribution in [-0.4, -0.2) is 110 Å². The molecular formula is C51H64N2O12. The van der Waals surface area contributed by atoms with E-state index in [1.54, 1.807) is 41.3 Å². The van der Waals surface area contributed by atoms with E-state index in [-0.39, 0.29) is 83.6 Å². The van der Waals surface area contributed by atoms with Crippen molar-refractivity contribution in [3.05, 3.63) is 120 Å². The highest BCUT2D eigenvalue weighted by atomic mass is 16.7. The van der Waals surface area contributed by atoms with Crippen LogP contribution in [0.4, 0.5) is 4.79 Å². The Morgan fingerprint density at radius 2 is 1.69 bits per heavy atom. The van der Waals surface area contributed by atoms with Gasteiger partial charge in [0, 0.05) is 37.7 Å². The van der Waals surface area contributed by atoms with Gasteiger partial charge in [-0.25, -0.2) is 4.79 Å². The standard InChI is InChI=1S/C51H64N2O12/c1-4-6-27-61-50(58)53(22-28-60-29-25-56)47-33-44(52-63-35-36-14-8-7-9-15-36)42-31-37(16-10-12-23-54)41(17-11-13-24-55)48-43-32-40(64-39-18-20-45(59-3)38(30-39)34-57)19-21-46(43)65-51(47,49(42)48)62-26-5-2/h4-5,7-9,14-15,18-21,30-32,34,37,41,47-49,54-56H,1-2,6,10-13,16-17,22-29,33,35H2,3H3. The molecule has 0 spiro atoms. The number of oxime groups is 1. The molecule has 3 N–H and O–H groups in total. The summed E-state index contributed by atoms with van der Waals surface area (Å²) in [6, 6.07) is 19.6. The fourth-order valence-electron chi connectivity index (χ4n) is 9.49. The fraction of sp³-hybridized carbons (Fsp3) is 0.471. The zero-order valence-corrected chi connectivity index (χ0v) is 37.4. The van der Waals surface area contributed by atoms with Gasteiger partial charge in [0.1, 0.15) is 35.6 Å². The topological polar surface area (TPSA) is 175 Å². The summed E-state index contributed by atoms with van der Waals surface area (Å²) in [5, 5.41) is 34.4. The summed E-state index contributed by atoms with van der Waals surface area (Å²) in [6.45, 7) is 8.35. The number of hydrogen-bond donors (Lipinski definition) is 3. The molecule has 0 aromatic heterocycles. The van der Waals surface area contributed by atoms with Crippen molar-refractivity contribution in [2.75, 3.05) is 59.9 Å². The van der Waals surface area contributed by atoms with Gasteiger partial charge in [0.05, 0.1) is 57.3 Å². The molecule has 1 heterocycles. The molecule has 3 aromatic rings. The molecule has 65 heavy (non-hydrogen) atoms. The number of aliphatic hydroxyl groups is 3. The minimum absolute atomic E-state index is 0.00332. The first-order chi connectivity index (χ1) is 31.9. The number of aliphatic hydroxyl groups excluding tert-OH is 3. The Kier molecular flexibility index (Phi) is 18.6. The summed E-state index contributed by atoms with van der Waals surface area (Å²) >= 11 is 0. The van der Waals surface area contributed by atoms with Crippen LogP contribution in [0.3, 0.4) is 0 Å². The predicted molar refractivity (Wildman–Crippen MR) is 245 cm³/mol. The highest BCUT2D eigenvalue weighted by molar-refractivity contribution is 6.03. The third-order valence-electron chi connectivity index (χ3n) is 12.3. The van der Waals surface area contributed by atoms with E-state index in [0.29, 0.717) is 53.5 Å². The number of carbonyl (C=O) groups is 2. The highest BCUT2D eigenvalue weighted by Gasteiger charge is 2.65. The van der Waals surface area contributed by atoms with Gasteiger partial charge in [-0.3, -0.25) is 9.69 Å². The number of allylic oxidation sites excluding steroid dienone is 1. The molecule has 0 bridgehead atoms. The van der Waals surface area contributed by atoms with Gasteiger partial charge in [-0.05, 0) is 91.5 Å². The Balaban J connectivity index is 1.58. The van der Waals surface area contributed by atoms with Crippen molar-refractivity contribution in [3.63, 3.8) is 0 Å². The summed E-state index contributed by atoms with van der Waals surface area (Å²) < 4.78 is 37.9. The molecule has 0 radical (unpaired) electrons. The van der Waals surface area contributed by atoms with Crippen LogP contribution in [-0.2, 0) is 25.7 Å². The van der Waals surface area contributed by atoms with E-state index in [2.05, 4.69) is 19.2 Å². The van der Waals surface area contributed by atoms with Crippen LogP contribution >= 0.6 is 0 Å². The first kappa shape index (κ1) is 48.9. The van der Waals surface area contributed by atoms with Crippen molar-refractivity contribution in [2.24, 2.45) is 22.9 Å². The number of carbonyl (C=O) groups excluding carboxylic acids is 2. The van der Waals surface area contributed by atoms with Gasteiger partial charge < -0.3 is 48.6 Å². The molecule has 350 valence electrons. The van der Waals surface area contributed by atoms with Crippen molar-refractivity contribution in [3.8, 4) is 23.0 Å². The maximum atomic E-state index is 14.5. The Labute approximate surface area is 382 Å². The van der Waals surface area contributed by atoms with Gasteiger partial charge >= 0.3 is 6.09 Å². The molecule has 6 unspecified atom stereocenters. The molecule has 2 aliphatic carbocycles. The van der Waals surface area contributed by atoms with Gasteiger partial charge in [0.15, 0.2) is 6.29 Å². The summed E-state index contributed by atoms with van der Waals surface area (Å²) in [5.74, 6) is -0.553. The minimum Gasteiger partial charge on any atom is -0.496 e. The molecule has 14 nitrogen and oxygen atoms in total. The molecular weight excluding hydrogens is 833 g/mol. The maximum Gasteiger partial charge on any atom is 0.410 e. The Hall–Kier alpha value is -5.51. The number of aldehydes is 1. The van der Waals surface area contributed by atoms with Crippen LogP contribution in [0.1, 0.15) is 78.8 Å². The number of amides is 1. The normalized spacial score (nSPS) is 22.4. The van der Waals surface area contributed by atoms with Crippen molar-refractivity contribution >= 4 is 18.1 Å². The van der Waals surface area contributed by atoms with Gasteiger partial charge in [0.2, 0.25) is 5.79 Å². The Bertz CT molecular complexity index is 2090. The zero-order valence-electron chi connectivity index (χ0n) is 37.4. The Morgan fingerprint density at radius 3 is 2.42 bits per heavy atom. The van der Waals surface area contributed by atoms with Gasteiger partial charge in [0.25, 0.3) is 0 Å². The van der Waals surface area contributed by atoms with Crippen LogP contribution in [0.25, 0.3) is 0 Å². The van der Waals surface area contributed by atoms with E-state index in [4.69, 9.17) is 38.4 Å². The SMILES string of the molecule is C=CCCOC(=O)N(CCOCCO)C1CC(=NOCc2ccccc2)C2=CC(CCCCO)C(CCCCO)C3c4cc(Oc5ccc(OC)c(C=O)c5)ccc4OC1(OCC=C)C23. The van der Waals surface area contributed by atoms with Crippen molar-refractivity contribution < 1.29 is 58.2 Å². The van der Waals surface area contributed by atoms with Crippen molar-refractivity contribution in [1.29, 1.82) is 0 Å². The van der Waals surface area contributed by atoms with Gasteiger partial charge in [-0.1, -0.05) is 66.6 Å². The highest BCUT2D eigenvalue weighted by Crippen LogP contribution is 2.62. The molecule has 1 aliphatic heterocycles. The number of hydrogen-bond acceptors (Lipinski definition) is 13. The molecule has 0 saturated heterocycles. The molecule has 1 saturated carbocycles. The van der Waals surface area contributed by atoms with E-state index >= 15 is 0 Å². The smallest absolute Gasteiger partial charge is 0.410 e.